The van der Waals surface area contributed by atoms with E-state index in [9.17, 15) is 9.59 Å². The van der Waals surface area contributed by atoms with E-state index in [1.165, 1.54) is 11.8 Å². The van der Waals surface area contributed by atoms with E-state index in [1.54, 1.807) is 52.0 Å². The van der Waals surface area contributed by atoms with E-state index in [2.05, 4.69) is 4.99 Å². The van der Waals surface area contributed by atoms with E-state index in [0.29, 0.717) is 40.1 Å². The number of fused-ring (bicyclic) bond motifs is 1. The monoisotopic (exact) mass is 404 g/mol. The lowest BCUT2D eigenvalue weighted by molar-refractivity contribution is -0.143. The maximum absolute atomic E-state index is 12.9. The van der Waals surface area contributed by atoms with Gasteiger partial charge in [-0.3, -0.25) is 9.69 Å². The minimum atomic E-state index is -0.626. The largest absolute Gasteiger partial charge is 0.493 e. The van der Waals surface area contributed by atoms with Crippen LogP contribution in [0.15, 0.2) is 34.5 Å². The predicted molar refractivity (Wildman–Crippen MR) is 108 cm³/mol. The van der Waals surface area contributed by atoms with Gasteiger partial charge in [0.25, 0.3) is 0 Å². The summed E-state index contributed by atoms with van der Waals surface area (Å²) in [7, 11) is 3.11. The average Bonchev–Trinajstić information content (AvgIpc) is 2.65. The second-order valence-corrected chi connectivity index (χ2v) is 7.79. The molecule has 3 rings (SSSR count). The van der Waals surface area contributed by atoms with E-state index in [-0.39, 0.29) is 12.0 Å². The molecule has 8 heteroatoms. The average molecular weight is 404 g/mol. The minimum Gasteiger partial charge on any atom is -0.493 e. The van der Waals surface area contributed by atoms with Crippen molar-refractivity contribution in [1.29, 1.82) is 0 Å². The molecule has 2 heterocycles. The number of allylic oxidation sites excluding steroid dienone is 1. The van der Waals surface area contributed by atoms with E-state index in [0.717, 1.165) is 5.56 Å². The first-order chi connectivity index (χ1) is 13.4. The van der Waals surface area contributed by atoms with Crippen molar-refractivity contribution in [2.75, 3.05) is 20.0 Å². The lowest BCUT2D eigenvalue weighted by Crippen LogP contribution is -2.46. The van der Waals surface area contributed by atoms with Crippen LogP contribution in [0.25, 0.3) is 0 Å². The van der Waals surface area contributed by atoms with Crippen LogP contribution in [-0.2, 0) is 14.3 Å². The highest BCUT2D eigenvalue weighted by Gasteiger charge is 2.42. The van der Waals surface area contributed by atoms with Crippen molar-refractivity contribution in [3.05, 3.63) is 35.0 Å². The summed E-state index contributed by atoms with van der Waals surface area (Å²) in [6.45, 7) is 5.35. The third kappa shape index (κ3) is 3.73. The predicted octanol–water partition coefficient (Wildman–Crippen LogP) is 3.31. The SMILES string of the molecule is COc1ccc([C@H]2C(C(=O)OC(C)C)=C(C)N=C3SCCC(=O)N32)cc1OC. The Morgan fingerprint density at radius 2 is 1.96 bits per heavy atom. The number of benzene rings is 1. The number of nitrogens with zero attached hydrogens (tertiary/aromatic N) is 2. The Morgan fingerprint density at radius 3 is 2.61 bits per heavy atom. The van der Waals surface area contributed by atoms with Crippen molar-refractivity contribution in [3.63, 3.8) is 0 Å². The fourth-order valence-electron chi connectivity index (χ4n) is 3.27. The molecule has 0 spiro atoms. The Morgan fingerprint density at radius 1 is 1.25 bits per heavy atom. The summed E-state index contributed by atoms with van der Waals surface area (Å²) < 4.78 is 16.2. The summed E-state index contributed by atoms with van der Waals surface area (Å²) in [5.41, 5.74) is 1.65. The number of amidine groups is 1. The fraction of sp³-hybridized carbons (Fsp3) is 0.450. The number of hydrogen-bond acceptors (Lipinski definition) is 7. The maximum Gasteiger partial charge on any atom is 0.338 e. The highest BCUT2D eigenvalue weighted by atomic mass is 32.2. The molecule has 7 nitrogen and oxygen atoms in total. The zero-order chi connectivity index (χ0) is 20.4. The Hall–Kier alpha value is -2.48. The first kappa shape index (κ1) is 20.3. The third-order valence-corrected chi connectivity index (χ3v) is 5.45. The molecule has 0 aliphatic carbocycles. The van der Waals surface area contributed by atoms with Gasteiger partial charge < -0.3 is 14.2 Å². The molecule has 28 heavy (non-hydrogen) atoms. The first-order valence-electron chi connectivity index (χ1n) is 9.04. The molecule has 0 radical (unpaired) electrons. The summed E-state index contributed by atoms with van der Waals surface area (Å²) >= 11 is 1.51. The molecule has 1 amide bonds. The number of thioether (sulfide) groups is 1. The number of amides is 1. The molecule has 0 N–H and O–H groups in total. The van der Waals surface area contributed by atoms with Gasteiger partial charge >= 0.3 is 5.97 Å². The van der Waals surface area contributed by atoms with Crippen LogP contribution in [0.4, 0.5) is 0 Å². The van der Waals surface area contributed by atoms with E-state index in [1.807, 2.05) is 6.07 Å². The Kier molecular flexibility index (Phi) is 5.98. The van der Waals surface area contributed by atoms with Crippen molar-refractivity contribution >= 4 is 28.8 Å². The van der Waals surface area contributed by atoms with Gasteiger partial charge in [-0.1, -0.05) is 17.8 Å². The Labute approximate surface area is 168 Å². The quantitative estimate of drug-likeness (QED) is 0.701. The Bertz CT molecular complexity index is 862. The van der Waals surface area contributed by atoms with Crippen molar-refractivity contribution in [2.45, 2.75) is 39.3 Å². The summed E-state index contributed by atoms with van der Waals surface area (Å²) in [4.78, 5) is 31.8. The number of carbonyl (C=O) groups is 2. The van der Waals surface area contributed by atoms with E-state index >= 15 is 0 Å². The van der Waals surface area contributed by atoms with Gasteiger partial charge in [0, 0.05) is 12.2 Å². The van der Waals surface area contributed by atoms with Crippen LogP contribution >= 0.6 is 11.8 Å². The minimum absolute atomic E-state index is 0.0698. The van der Waals surface area contributed by atoms with Crippen molar-refractivity contribution in [3.8, 4) is 11.5 Å². The molecular formula is C20H24N2O5S. The van der Waals surface area contributed by atoms with Crippen LogP contribution in [0.1, 0.15) is 38.8 Å². The summed E-state index contributed by atoms with van der Waals surface area (Å²) in [5.74, 6) is 1.22. The van der Waals surface area contributed by atoms with Crippen LogP contribution in [0.5, 0.6) is 11.5 Å². The standard InChI is InChI=1S/C20H24N2O5S/c1-11(2)27-19(24)17-12(3)21-20-22(16(23)8-9-28-20)18(17)13-6-7-14(25-4)15(10-13)26-5/h6-7,10-11,18H,8-9H2,1-5H3/t18-/m0/s1. The third-order valence-electron chi connectivity index (χ3n) is 4.49. The van der Waals surface area contributed by atoms with Gasteiger partial charge in [-0.2, -0.15) is 0 Å². The van der Waals surface area contributed by atoms with Crippen LogP contribution in [-0.4, -0.2) is 48.0 Å². The van der Waals surface area contributed by atoms with Crippen LogP contribution in [0.3, 0.4) is 0 Å². The van der Waals surface area contributed by atoms with Gasteiger partial charge in [0.15, 0.2) is 16.7 Å². The van der Waals surface area contributed by atoms with Crippen molar-refractivity contribution in [2.24, 2.45) is 4.99 Å². The smallest absolute Gasteiger partial charge is 0.338 e. The molecule has 0 bridgehead atoms. The molecule has 1 fully saturated rings. The molecule has 150 valence electrons. The lowest BCUT2D eigenvalue weighted by Gasteiger charge is -2.39. The van der Waals surface area contributed by atoms with Crippen LogP contribution in [0, 0.1) is 0 Å². The van der Waals surface area contributed by atoms with Gasteiger partial charge in [-0.05, 0) is 38.5 Å². The number of methoxy groups -OCH3 is 2. The van der Waals surface area contributed by atoms with Gasteiger partial charge in [0.1, 0.15) is 0 Å². The molecule has 1 saturated heterocycles. The van der Waals surface area contributed by atoms with Crippen LogP contribution in [0.2, 0.25) is 0 Å². The van der Waals surface area contributed by atoms with Gasteiger partial charge in [-0.15, -0.1) is 0 Å². The zero-order valence-corrected chi connectivity index (χ0v) is 17.5. The second kappa shape index (κ2) is 8.26. The van der Waals surface area contributed by atoms with Gasteiger partial charge in [0.05, 0.1) is 37.6 Å². The molecule has 0 unspecified atom stereocenters. The molecule has 0 saturated carbocycles. The Balaban J connectivity index is 2.16. The highest BCUT2D eigenvalue weighted by molar-refractivity contribution is 8.14. The summed E-state index contributed by atoms with van der Waals surface area (Å²) in [5, 5.41) is 0.606. The number of rotatable bonds is 5. The zero-order valence-electron chi connectivity index (χ0n) is 16.6. The van der Waals surface area contributed by atoms with E-state index in [4.69, 9.17) is 14.2 Å². The number of ether oxygens (including phenoxy) is 3. The number of esters is 1. The molecular weight excluding hydrogens is 380 g/mol. The molecule has 1 aromatic carbocycles. The maximum atomic E-state index is 12.9. The fourth-order valence-corrected chi connectivity index (χ4v) is 4.28. The lowest BCUT2D eigenvalue weighted by atomic mass is 9.93. The van der Waals surface area contributed by atoms with Crippen molar-refractivity contribution < 1.29 is 23.8 Å². The summed E-state index contributed by atoms with van der Waals surface area (Å²) in [6.07, 6.45) is 0.106. The van der Waals surface area contributed by atoms with Crippen molar-refractivity contribution in [1.82, 2.24) is 4.90 Å². The molecule has 1 atom stereocenters. The van der Waals surface area contributed by atoms with Gasteiger partial charge in [0.2, 0.25) is 5.91 Å². The second-order valence-electron chi connectivity index (χ2n) is 6.73. The molecule has 1 aromatic rings. The first-order valence-corrected chi connectivity index (χ1v) is 10.0. The molecule has 2 aliphatic rings. The number of carbonyl (C=O) groups excluding carboxylic acids is 2. The number of aliphatic imine (C=N–C) groups is 1. The van der Waals surface area contributed by atoms with Crippen LogP contribution < -0.4 is 9.47 Å². The highest BCUT2D eigenvalue weighted by Crippen LogP contribution is 2.42. The topological polar surface area (TPSA) is 77.4 Å². The van der Waals surface area contributed by atoms with Gasteiger partial charge in [-0.25, -0.2) is 9.79 Å². The summed E-state index contributed by atoms with van der Waals surface area (Å²) in [6, 6.07) is 4.76. The number of hydrogen-bond donors (Lipinski definition) is 0. The van der Waals surface area contributed by atoms with E-state index < -0.39 is 12.0 Å². The normalized spacial score (nSPS) is 19.4. The molecule has 0 aromatic heterocycles. The molecule has 2 aliphatic heterocycles.